The standard InChI is InChI=1S/C38H44N10O4/c1-5-33(49)45-14-8-9-27(24-45)48-36-25(21-31(37(48)51)46-19-20-47(34(50)6-2)35-28(39)10-7-11-30(35)46)23-40-38(42-36)41-29-13-12-26(22-32(29)52-4)44-17-15-43(3)16-18-44/h5-7,10-13,21-23,27H,1-2,8-9,14-20,24,39H2,3-4H3,(H,40,41,42)/t27-/m1/s1. The van der Waals surface area contributed by atoms with Gasteiger partial charge < -0.3 is 40.3 Å². The lowest BCUT2D eigenvalue weighted by molar-refractivity contribution is -0.127. The third-order valence-electron chi connectivity index (χ3n) is 10.2. The third kappa shape index (κ3) is 6.41. The maximum Gasteiger partial charge on any atom is 0.276 e. The second-order valence-electron chi connectivity index (χ2n) is 13.3. The van der Waals surface area contributed by atoms with Crippen molar-refractivity contribution in [3.05, 3.63) is 84.3 Å². The van der Waals surface area contributed by atoms with E-state index in [0.29, 0.717) is 90.2 Å². The predicted octanol–water partition coefficient (Wildman–Crippen LogP) is 3.90. The number of nitrogens with one attached hydrogen (secondary N) is 1. The molecule has 7 rings (SSSR count). The number of aromatic nitrogens is 3. The van der Waals surface area contributed by atoms with E-state index in [9.17, 15) is 14.4 Å². The summed E-state index contributed by atoms with van der Waals surface area (Å²) in [6.45, 7) is 12.7. The van der Waals surface area contributed by atoms with Gasteiger partial charge in [-0.05, 0) is 62.4 Å². The largest absolute Gasteiger partial charge is 0.494 e. The molecule has 0 saturated carbocycles. The summed E-state index contributed by atoms with van der Waals surface area (Å²) in [5.41, 5.74) is 10.3. The minimum absolute atomic E-state index is 0.185. The molecular formula is C38H44N10O4. The molecule has 0 aliphatic carbocycles. The quantitative estimate of drug-likeness (QED) is 0.204. The number of carbonyl (C=O) groups is 2. The van der Waals surface area contributed by atoms with Crippen molar-refractivity contribution < 1.29 is 14.3 Å². The van der Waals surface area contributed by atoms with Crippen LogP contribution in [0.3, 0.4) is 0 Å². The topological polar surface area (TPSA) is 145 Å². The first-order chi connectivity index (χ1) is 25.2. The second kappa shape index (κ2) is 14.4. The Morgan fingerprint density at radius 3 is 2.52 bits per heavy atom. The van der Waals surface area contributed by atoms with Crippen LogP contribution in [0.2, 0.25) is 0 Å². The summed E-state index contributed by atoms with van der Waals surface area (Å²) >= 11 is 0. The number of piperidine rings is 1. The minimum Gasteiger partial charge on any atom is -0.494 e. The zero-order chi connectivity index (χ0) is 36.5. The van der Waals surface area contributed by atoms with Crippen molar-refractivity contribution in [2.75, 3.05) is 92.3 Å². The van der Waals surface area contributed by atoms with Crippen LogP contribution in [-0.4, -0.2) is 103 Å². The molecule has 0 spiro atoms. The Balaban J connectivity index is 1.31. The van der Waals surface area contributed by atoms with E-state index in [2.05, 4.69) is 46.4 Å². The zero-order valence-electron chi connectivity index (χ0n) is 29.6. The van der Waals surface area contributed by atoms with Gasteiger partial charge in [0.25, 0.3) is 11.5 Å². The third-order valence-corrected chi connectivity index (χ3v) is 10.2. The normalized spacial score (nSPS) is 17.8. The molecular weight excluding hydrogens is 660 g/mol. The minimum atomic E-state index is -0.364. The number of fused-ring (bicyclic) bond motifs is 2. The highest BCUT2D eigenvalue weighted by atomic mass is 16.5. The molecule has 2 fully saturated rings. The van der Waals surface area contributed by atoms with Crippen LogP contribution >= 0.6 is 0 Å². The molecule has 52 heavy (non-hydrogen) atoms. The van der Waals surface area contributed by atoms with E-state index < -0.39 is 0 Å². The smallest absolute Gasteiger partial charge is 0.276 e. The predicted molar refractivity (Wildman–Crippen MR) is 205 cm³/mol. The molecule has 0 radical (unpaired) electrons. The van der Waals surface area contributed by atoms with Crippen LogP contribution in [0.25, 0.3) is 11.0 Å². The van der Waals surface area contributed by atoms with Gasteiger partial charge in [-0.1, -0.05) is 19.2 Å². The summed E-state index contributed by atoms with van der Waals surface area (Å²) in [4.78, 5) is 59.9. The Hall–Kier alpha value is -5.89. The molecule has 0 unspecified atom stereocenters. The summed E-state index contributed by atoms with van der Waals surface area (Å²) in [6.07, 6.45) is 5.63. The van der Waals surface area contributed by atoms with Crippen molar-refractivity contribution in [1.82, 2.24) is 24.3 Å². The van der Waals surface area contributed by atoms with Crippen molar-refractivity contribution in [1.29, 1.82) is 0 Å². The molecule has 14 heteroatoms. The van der Waals surface area contributed by atoms with Crippen molar-refractivity contribution >= 4 is 62.9 Å². The van der Waals surface area contributed by atoms with Crippen LogP contribution in [0.5, 0.6) is 5.75 Å². The number of amides is 2. The van der Waals surface area contributed by atoms with Crippen molar-refractivity contribution in [3.8, 4) is 5.75 Å². The number of anilines is 7. The van der Waals surface area contributed by atoms with Gasteiger partial charge in [0.2, 0.25) is 11.9 Å². The maximum atomic E-state index is 14.8. The van der Waals surface area contributed by atoms with Gasteiger partial charge in [0, 0.05) is 75.7 Å². The Morgan fingerprint density at radius 2 is 1.77 bits per heavy atom. The summed E-state index contributed by atoms with van der Waals surface area (Å²) in [5.74, 6) is 0.479. The van der Waals surface area contributed by atoms with Crippen LogP contribution in [-0.2, 0) is 9.59 Å². The summed E-state index contributed by atoms with van der Waals surface area (Å²) in [5, 5.41) is 3.96. The molecule has 2 aromatic heterocycles. The van der Waals surface area contributed by atoms with E-state index in [1.165, 1.54) is 12.2 Å². The number of methoxy groups -OCH3 is 1. The highest BCUT2D eigenvalue weighted by molar-refractivity contribution is 6.07. The number of nitrogen functional groups attached to an aromatic ring is 1. The number of piperazine rings is 1. The van der Waals surface area contributed by atoms with Crippen molar-refractivity contribution in [2.24, 2.45) is 0 Å². The number of ether oxygens (including phenoxy) is 1. The number of pyridine rings is 1. The number of hydrogen-bond acceptors (Lipinski definition) is 11. The molecule has 14 nitrogen and oxygen atoms in total. The molecule has 3 N–H and O–H groups in total. The molecule has 2 amide bonds. The number of hydrogen-bond donors (Lipinski definition) is 2. The first-order valence-electron chi connectivity index (χ1n) is 17.5. The highest BCUT2D eigenvalue weighted by Crippen LogP contribution is 2.42. The molecule has 4 aromatic rings. The number of likely N-dealkylation sites (N-methyl/N-ethyl adjacent to an activating group) is 1. The number of rotatable bonds is 8. The first kappa shape index (κ1) is 34.6. The zero-order valence-corrected chi connectivity index (χ0v) is 29.6. The molecule has 5 heterocycles. The van der Waals surface area contributed by atoms with E-state index in [-0.39, 0.29) is 23.4 Å². The lowest BCUT2D eigenvalue weighted by Crippen LogP contribution is -2.45. The van der Waals surface area contributed by atoms with Gasteiger partial charge in [-0.3, -0.25) is 19.0 Å². The van der Waals surface area contributed by atoms with Crippen LogP contribution in [0.15, 0.2) is 78.8 Å². The SMILES string of the molecule is C=CC(=O)N1CCC[C@@H](n2c(=O)c(N3CCN(C(=O)C=C)c4c(N)cccc43)cc3cnc(Nc4ccc(N5CCN(C)CC5)cc4OC)nc32)C1. The molecule has 3 aliphatic rings. The number of nitrogens with two attached hydrogens (primary N) is 1. The lowest BCUT2D eigenvalue weighted by Gasteiger charge is -2.38. The van der Waals surface area contributed by atoms with Gasteiger partial charge in [0.05, 0.1) is 35.9 Å². The monoisotopic (exact) mass is 704 g/mol. The number of likely N-dealkylation sites (tertiary alicyclic amines) is 1. The number of para-hydroxylation sites is 1. The maximum absolute atomic E-state index is 14.8. The Morgan fingerprint density at radius 1 is 0.981 bits per heavy atom. The Bertz CT molecular complexity index is 2110. The number of nitrogens with zero attached hydrogens (tertiary/aromatic N) is 8. The Labute approximate surface area is 302 Å². The summed E-state index contributed by atoms with van der Waals surface area (Å²) in [7, 11) is 3.76. The van der Waals surface area contributed by atoms with Gasteiger partial charge in [-0.2, -0.15) is 4.98 Å². The second-order valence-corrected chi connectivity index (χ2v) is 13.3. The number of carbonyl (C=O) groups excluding carboxylic acids is 2. The van der Waals surface area contributed by atoms with E-state index in [1.54, 1.807) is 45.9 Å². The molecule has 1 atom stereocenters. The van der Waals surface area contributed by atoms with E-state index >= 15 is 0 Å². The van der Waals surface area contributed by atoms with Gasteiger partial charge >= 0.3 is 0 Å². The molecule has 3 aliphatic heterocycles. The van der Waals surface area contributed by atoms with Crippen LogP contribution in [0, 0.1) is 0 Å². The van der Waals surface area contributed by atoms with Gasteiger partial charge in [-0.25, -0.2) is 4.98 Å². The fourth-order valence-electron chi connectivity index (χ4n) is 7.43. The lowest BCUT2D eigenvalue weighted by atomic mass is 10.0. The van der Waals surface area contributed by atoms with Crippen molar-refractivity contribution in [3.63, 3.8) is 0 Å². The molecule has 2 aromatic carbocycles. The fraction of sp³-hybridized carbons (Fsp3) is 0.342. The highest BCUT2D eigenvalue weighted by Gasteiger charge is 2.32. The number of benzene rings is 2. The van der Waals surface area contributed by atoms with Crippen LogP contribution in [0.1, 0.15) is 18.9 Å². The van der Waals surface area contributed by atoms with E-state index in [1.807, 2.05) is 23.1 Å². The summed E-state index contributed by atoms with van der Waals surface area (Å²) < 4.78 is 7.49. The van der Waals surface area contributed by atoms with Gasteiger partial charge in [-0.15, -0.1) is 0 Å². The van der Waals surface area contributed by atoms with Crippen molar-refractivity contribution in [2.45, 2.75) is 18.9 Å². The molecule has 0 bridgehead atoms. The van der Waals surface area contributed by atoms with Gasteiger partial charge in [0.1, 0.15) is 17.1 Å². The van der Waals surface area contributed by atoms with E-state index in [4.69, 9.17) is 15.5 Å². The average molecular weight is 705 g/mol. The Kier molecular flexibility index (Phi) is 9.56. The average Bonchev–Trinajstić information content (AvgIpc) is 3.17. The molecule has 270 valence electrons. The van der Waals surface area contributed by atoms with Crippen LogP contribution < -0.4 is 36.0 Å². The fourth-order valence-corrected chi connectivity index (χ4v) is 7.43. The first-order valence-corrected chi connectivity index (χ1v) is 17.5. The van der Waals surface area contributed by atoms with Crippen LogP contribution in [0.4, 0.5) is 40.1 Å². The summed E-state index contributed by atoms with van der Waals surface area (Å²) in [6, 6.07) is 12.8. The molecule has 2 saturated heterocycles. The van der Waals surface area contributed by atoms with Gasteiger partial charge in [0.15, 0.2) is 0 Å². The van der Waals surface area contributed by atoms with E-state index in [0.717, 1.165) is 31.9 Å².